The first kappa shape index (κ1) is 17.3. The minimum Gasteiger partial charge on any atom is -0.756 e. The summed E-state index contributed by atoms with van der Waals surface area (Å²) < 4.78 is 20.8. The Kier molecular flexibility index (Phi) is 6.48. The SMILES string of the molecule is CC(C)(C)OP(=O)([O-])OC(C)(C)C.[Ag+]. The number of hydrogen-bond acceptors (Lipinski definition) is 4. The van der Waals surface area contributed by atoms with Gasteiger partial charge in [-0.25, -0.2) is 0 Å². The molecule has 4 nitrogen and oxygen atoms in total. The Balaban J connectivity index is 0. The van der Waals surface area contributed by atoms with Gasteiger partial charge >= 0.3 is 22.4 Å². The van der Waals surface area contributed by atoms with Crippen LogP contribution in [0.15, 0.2) is 0 Å². The Morgan fingerprint density at radius 1 is 0.929 bits per heavy atom. The van der Waals surface area contributed by atoms with Crippen LogP contribution in [0.2, 0.25) is 0 Å². The molecule has 0 aliphatic carbocycles. The van der Waals surface area contributed by atoms with Gasteiger partial charge in [0.1, 0.15) is 0 Å². The van der Waals surface area contributed by atoms with E-state index in [1.807, 2.05) is 0 Å². The van der Waals surface area contributed by atoms with Gasteiger partial charge in [-0.3, -0.25) is 4.57 Å². The van der Waals surface area contributed by atoms with Crippen molar-refractivity contribution in [3.05, 3.63) is 0 Å². The van der Waals surface area contributed by atoms with Crippen molar-refractivity contribution in [2.75, 3.05) is 0 Å². The molecule has 0 saturated heterocycles. The maximum absolute atomic E-state index is 11.2. The fraction of sp³-hybridized carbons (Fsp3) is 1.00. The third kappa shape index (κ3) is 10.9. The Hall–Kier alpha value is 0.850. The van der Waals surface area contributed by atoms with Crippen LogP contribution >= 0.6 is 7.82 Å². The maximum atomic E-state index is 11.2. The quantitative estimate of drug-likeness (QED) is 0.578. The largest absolute Gasteiger partial charge is 1.00 e. The molecule has 0 aliphatic heterocycles. The molecule has 14 heavy (non-hydrogen) atoms. The predicted molar refractivity (Wildman–Crippen MR) is 49.3 cm³/mol. The zero-order valence-corrected chi connectivity index (χ0v) is 11.8. The van der Waals surface area contributed by atoms with E-state index in [2.05, 4.69) is 0 Å². The molecular formula is C8H18AgO4P. The van der Waals surface area contributed by atoms with Gasteiger partial charge in [0, 0.05) is 0 Å². The van der Waals surface area contributed by atoms with Crippen molar-refractivity contribution in [3.63, 3.8) is 0 Å². The number of phosphoric ester groups is 1. The molecule has 0 radical (unpaired) electrons. The normalized spacial score (nSPS) is 13.6. The van der Waals surface area contributed by atoms with Gasteiger partial charge < -0.3 is 13.9 Å². The Bertz CT molecular complexity index is 196. The van der Waals surface area contributed by atoms with Crippen LogP contribution < -0.4 is 4.89 Å². The number of hydrogen-bond donors (Lipinski definition) is 0. The van der Waals surface area contributed by atoms with Gasteiger partial charge in [0.2, 0.25) is 0 Å². The van der Waals surface area contributed by atoms with E-state index >= 15 is 0 Å². The number of phosphoric acid groups is 1. The summed E-state index contributed by atoms with van der Waals surface area (Å²) in [5.41, 5.74) is -1.49. The molecule has 0 aromatic rings. The van der Waals surface area contributed by atoms with Gasteiger partial charge in [0.15, 0.2) is 0 Å². The molecule has 0 atom stereocenters. The minimum absolute atomic E-state index is 0. The summed E-state index contributed by atoms with van der Waals surface area (Å²) in [6.45, 7) is 9.94. The molecule has 0 heterocycles. The first-order chi connectivity index (χ1) is 5.41. The molecule has 0 aromatic heterocycles. The van der Waals surface area contributed by atoms with Gasteiger partial charge in [-0.15, -0.1) is 0 Å². The summed E-state index contributed by atoms with van der Waals surface area (Å²) in [4.78, 5) is 11.2. The van der Waals surface area contributed by atoms with Crippen LogP contribution in [-0.2, 0) is 36.0 Å². The summed E-state index contributed by atoms with van der Waals surface area (Å²) in [5, 5.41) is 0. The van der Waals surface area contributed by atoms with Crippen LogP contribution in [0.5, 0.6) is 0 Å². The van der Waals surface area contributed by atoms with Gasteiger partial charge in [-0.2, -0.15) is 0 Å². The van der Waals surface area contributed by atoms with Crippen LogP contribution in [-0.4, -0.2) is 11.2 Å². The van der Waals surface area contributed by atoms with Crippen LogP contribution in [0.4, 0.5) is 0 Å². The van der Waals surface area contributed by atoms with Crippen LogP contribution in [0.1, 0.15) is 41.5 Å². The molecule has 0 amide bonds. The molecule has 0 unspecified atom stereocenters. The Morgan fingerprint density at radius 3 is 1.29 bits per heavy atom. The Labute approximate surface area is 101 Å². The van der Waals surface area contributed by atoms with E-state index in [9.17, 15) is 9.46 Å². The van der Waals surface area contributed by atoms with Crippen LogP contribution in [0.3, 0.4) is 0 Å². The molecule has 90 valence electrons. The zero-order chi connectivity index (χ0) is 10.9. The van der Waals surface area contributed by atoms with Crippen molar-refractivity contribution >= 4 is 7.82 Å². The fourth-order valence-corrected chi connectivity index (χ4v) is 2.07. The first-order valence-corrected chi connectivity index (χ1v) is 5.60. The van der Waals surface area contributed by atoms with E-state index in [0.29, 0.717) is 0 Å². The second kappa shape index (κ2) is 5.26. The smallest absolute Gasteiger partial charge is 0.756 e. The summed E-state index contributed by atoms with van der Waals surface area (Å²) in [7, 11) is -4.19. The molecule has 0 rings (SSSR count). The predicted octanol–water partition coefficient (Wildman–Crippen LogP) is 2.08. The zero-order valence-electron chi connectivity index (χ0n) is 9.38. The van der Waals surface area contributed by atoms with Crippen molar-refractivity contribution < 1.29 is 40.9 Å². The van der Waals surface area contributed by atoms with Gasteiger partial charge in [0.25, 0.3) is 7.82 Å². The van der Waals surface area contributed by atoms with E-state index in [-0.39, 0.29) is 22.4 Å². The minimum atomic E-state index is -4.19. The second-order valence-electron chi connectivity index (χ2n) is 4.85. The maximum Gasteiger partial charge on any atom is 1.00 e. The molecule has 0 N–H and O–H groups in total. The molecule has 0 spiro atoms. The van der Waals surface area contributed by atoms with Crippen molar-refractivity contribution in [2.45, 2.75) is 52.7 Å². The molecule has 0 fully saturated rings. The van der Waals surface area contributed by atoms with Gasteiger partial charge in [-0.1, -0.05) is 0 Å². The topological polar surface area (TPSA) is 58.6 Å². The Morgan fingerprint density at radius 2 is 1.14 bits per heavy atom. The molecule has 0 bridgehead atoms. The number of rotatable bonds is 2. The van der Waals surface area contributed by atoms with Crippen molar-refractivity contribution in [1.29, 1.82) is 0 Å². The standard InChI is InChI=1S/C8H19O4P.Ag/c1-7(2,3)11-13(9,10)12-8(4,5)6;/h1-6H3,(H,9,10);/q;+1/p-1. The third-order valence-electron chi connectivity index (χ3n) is 0.771. The molecule has 6 heteroatoms. The van der Waals surface area contributed by atoms with Crippen LogP contribution in [0, 0.1) is 0 Å². The third-order valence-corrected chi connectivity index (χ3v) is 2.31. The summed E-state index contributed by atoms with van der Waals surface area (Å²) in [6.07, 6.45) is 0. The van der Waals surface area contributed by atoms with E-state index in [4.69, 9.17) is 9.05 Å². The summed E-state index contributed by atoms with van der Waals surface area (Å²) in [6, 6.07) is 0. The van der Waals surface area contributed by atoms with Crippen molar-refractivity contribution in [3.8, 4) is 0 Å². The first-order valence-electron chi connectivity index (χ1n) is 4.14. The molecule has 0 aliphatic rings. The summed E-state index contributed by atoms with van der Waals surface area (Å²) >= 11 is 0. The van der Waals surface area contributed by atoms with E-state index in [0.717, 1.165) is 0 Å². The van der Waals surface area contributed by atoms with E-state index in [1.54, 1.807) is 41.5 Å². The van der Waals surface area contributed by atoms with Gasteiger partial charge in [-0.05, 0) is 41.5 Å². The summed E-state index contributed by atoms with van der Waals surface area (Å²) in [5.74, 6) is 0. The van der Waals surface area contributed by atoms with Crippen molar-refractivity contribution in [2.24, 2.45) is 0 Å². The average molecular weight is 317 g/mol. The molecule has 0 aromatic carbocycles. The van der Waals surface area contributed by atoms with E-state index < -0.39 is 19.0 Å². The molecule has 0 saturated carbocycles. The molecular weight excluding hydrogens is 299 g/mol. The monoisotopic (exact) mass is 316 g/mol. The van der Waals surface area contributed by atoms with Crippen molar-refractivity contribution in [1.82, 2.24) is 0 Å². The second-order valence-corrected chi connectivity index (χ2v) is 6.11. The van der Waals surface area contributed by atoms with Gasteiger partial charge in [0.05, 0.1) is 11.2 Å². The van der Waals surface area contributed by atoms with Crippen LogP contribution in [0.25, 0.3) is 0 Å². The van der Waals surface area contributed by atoms with E-state index in [1.165, 1.54) is 0 Å². The fourth-order valence-electron chi connectivity index (χ4n) is 0.689. The average Bonchev–Trinajstić information content (AvgIpc) is 1.43.